The first-order chi connectivity index (χ1) is 26.9. The summed E-state index contributed by atoms with van der Waals surface area (Å²) in [5.41, 5.74) is 8.61. The van der Waals surface area contributed by atoms with Gasteiger partial charge < -0.3 is 9.47 Å². The third-order valence-electron chi connectivity index (χ3n) is 10.2. The fourth-order valence-corrected chi connectivity index (χ4v) is 9.24. The van der Waals surface area contributed by atoms with Crippen molar-refractivity contribution >= 4 is 19.8 Å². The predicted molar refractivity (Wildman–Crippen MR) is 241 cm³/mol. The minimum atomic E-state index is -1.25. The summed E-state index contributed by atoms with van der Waals surface area (Å²) in [5.74, 6) is 29.2. The Morgan fingerprint density at radius 1 is 0.625 bits per heavy atom. The van der Waals surface area contributed by atoms with Crippen LogP contribution in [0.15, 0.2) is 108 Å². The minimum Gasteiger partial charge on any atom is -0.492 e. The largest absolute Gasteiger partial charge is 0.492 e. The predicted octanol–water partition coefficient (Wildman–Crippen LogP) is 12.6. The average Bonchev–Trinajstić information content (AvgIpc) is 3.71. The third kappa shape index (κ3) is 12.4. The Morgan fingerprint density at radius 2 is 1.12 bits per heavy atom. The van der Waals surface area contributed by atoms with Crippen molar-refractivity contribution in [1.82, 2.24) is 0 Å². The first-order valence-corrected chi connectivity index (χ1v) is 23.9. The molecule has 0 saturated heterocycles. The summed E-state index contributed by atoms with van der Waals surface area (Å²) in [4.78, 5) is 1.31. The van der Waals surface area contributed by atoms with Crippen molar-refractivity contribution in [2.75, 3.05) is 19.0 Å². The number of benzene rings is 4. The molecule has 0 bridgehead atoms. The molecule has 0 heterocycles. The summed E-state index contributed by atoms with van der Waals surface area (Å²) >= 11 is 1.96. The van der Waals surface area contributed by atoms with Gasteiger partial charge in [0.15, 0.2) is 0 Å². The van der Waals surface area contributed by atoms with Crippen molar-refractivity contribution in [2.45, 2.75) is 89.9 Å². The zero-order valence-electron chi connectivity index (χ0n) is 34.4. The average molecular weight is 771 g/mol. The maximum Gasteiger partial charge on any atom is 0.136 e. The summed E-state index contributed by atoms with van der Waals surface area (Å²) in [5, 5.41) is 0.432. The topological polar surface area (TPSA) is 18.5 Å². The smallest absolute Gasteiger partial charge is 0.136 e. The van der Waals surface area contributed by atoms with Gasteiger partial charge in [-0.15, -0.1) is 11.8 Å². The summed E-state index contributed by atoms with van der Waals surface area (Å²) in [7, 11) is -1.25. The minimum absolute atomic E-state index is 0.432. The molecule has 0 aromatic heterocycles. The Hall–Kier alpha value is -5.23. The van der Waals surface area contributed by atoms with Crippen LogP contribution in [0.2, 0.25) is 24.2 Å². The van der Waals surface area contributed by atoms with Gasteiger partial charge in [0.1, 0.15) is 11.5 Å². The van der Waals surface area contributed by atoms with Gasteiger partial charge in [0.05, 0.1) is 32.4 Å². The van der Waals surface area contributed by atoms with E-state index in [0.29, 0.717) is 18.3 Å². The zero-order valence-corrected chi connectivity index (χ0v) is 36.2. The third-order valence-corrected chi connectivity index (χ3v) is 17.1. The maximum absolute atomic E-state index is 6.14. The standard InChI is InChI=1S/C52H54O2SSi/c1-9-33-53-50-39-48(51(54-34-10-2)38-47(50)29-22-41-13-11-12-14-41)30-23-43-17-15-42(16-18-43)21-27-46-28-24-45(37-40(46)3)20-19-44-25-31-49(32-26-44)55-35-36-56(7,8)52(4,5)6/h11-13,15-18,24-26,28,31-32,37-39H,9-10,14,33-36H2,1-8H3. The number of hydrogen-bond donors (Lipinski definition) is 0. The molecule has 5 rings (SSSR count). The molecule has 0 fully saturated rings. The van der Waals surface area contributed by atoms with Crippen LogP contribution in [-0.4, -0.2) is 27.0 Å². The Morgan fingerprint density at radius 3 is 1.64 bits per heavy atom. The van der Waals surface area contributed by atoms with E-state index >= 15 is 0 Å². The maximum atomic E-state index is 6.14. The van der Waals surface area contributed by atoms with Gasteiger partial charge >= 0.3 is 0 Å². The summed E-state index contributed by atoms with van der Waals surface area (Å²) in [6, 6.07) is 28.2. The lowest BCUT2D eigenvalue weighted by molar-refractivity contribution is 0.307. The van der Waals surface area contributed by atoms with Crippen LogP contribution in [0.4, 0.5) is 0 Å². The molecule has 0 unspecified atom stereocenters. The molecule has 0 aliphatic heterocycles. The van der Waals surface area contributed by atoms with Crippen molar-refractivity contribution in [1.29, 1.82) is 0 Å². The van der Waals surface area contributed by atoms with E-state index in [1.165, 1.54) is 16.7 Å². The molecule has 56 heavy (non-hydrogen) atoms. The van der Waals surface area contributed by atoms with E-state index < -0.39 is 8.07 Å². The van der Waals surface area contributed by atoms with Crippen molar-refractivity contribution in [3.63, 3.8) is 0 Å². The van der Waals surface area contributed by atoms with E-state index in [4.69, 9.17) is 9.47 Å². The van der Waals surface area contributed by atoms with Gasteiger partial charge in [0, 0.05) is 50.4 Å². The van der Waals surface area contributed by atoms with Gasteiger partial charge in [-0.2, -0.15) is 0 Å². The molecule has 0 N–H and O–H groups in total. The van der Waals surface area contributed by atoms with Gasteiger partial charge in [-0.1, -0.05) is 113 Å². The molecule has 0 saturated carbocycles. The Labute approximate surface area is 342 Å². The molecule has 4 aromatic carbocycles. The molecule has 284 valence electrons. The Bertz CT molecular complexity index is 2310. The highest BCUT2D eigenvalue weighted by Gasteiger charge is 2.34. The van der Waals surface area contributed by atoms with Crippen LogP contribution in [0.5, 0.6) is 11.5 Å². The molecule has 1 aliphatic rings. The van der Waals surface area contributed by atoms with E-state index in [2.05, 4.69) is 157 Å². The molecule has 0 radical (unpaired) electrons. The highest BCUT2D eigenvalue weighted by molar-refractivity contribution is 7.99. The van der Waals surface area contributed by atoms with Crippen LogP contribution in [0.25, 0.3) is 0 Å². The van der Waals surface area contributed by atoms with Gasteiger partial charge in [-0.3, -0.25) is 0 Å². The molecule has 0 spiro atoms. The van der Waals surface area contributed by atoms with E-state index in [9.17, 15) is 0 Å². The van der Waals surface area contributed by atoms with Crippen LogP contribution in [0, 0.1) is 54.3 Å². The molecule has 4 aromatic rings. The van der Waals surface area contributed by atoms with Crippen molar-refractivity contribution in [2.24, 2.45) is 0 Å². The molecule has 4 heteroatoms. The lowest BCUT2D eigenvalue weighted by Crippen LogP contribution is -2.37. The number of rotatable bonds is 10. The van der Waals surface area contributed by atoms with Gasteiger partial charge in [-0.05, 0) is 115 Å². The van der Waals surface area contributed by atoms with Gasteiger partial charge in [-0.25, -0.2) is 0 Å². The van der Waals surface area contributed by atoms with E-state index in [-0.39, 0.29) is 0 Å². The number of ether oxygens (including phenoxy) is 2. The van der Waals surface area contributed by atoms with Crippen LogP contribution < -0.4 is 9.47 Å². The van der Waals surface area contributed by atoms with Gasteiger partial charge in [0.2, 0.25) is 0 Å². The number of thioether (sulfide) groups is 1. The number of aryl methyl sites for hydroxylation is 1. The van der Waals surface area contributed by atoms with Crippen LogP contribution in [-0.2, 0) is 0 Å². The fraction of sp³-hybridized carbons (Fsp3) is 0.308. The van der Waals surface area contributed by atoms with E-state index in [1.807, 2.05) is 54.2 Å². The fourth-order valence-electron chi connectivity index (χ4n) is 5.48. The summed E-state index contributed by atoms with van der Waals surface area (Å²) in [6.45, 7) is 19.7. The zero-order chi connectivity index (χ0) is 40.0. The molecule has 2 nitrogen and oxygen atoms in total. The van der Waals surface area contributed by atoms with Gasteiger partial charge in [0.25, 0.3) is 0 Å². The first-order valence-electron chi connectivity index (χ1n) is 19.7. The highest BCUT2D eigenvalue weighted by Crippen LogP contribution is 2.39. The Balaban J connectivity index is 1.23. The quantitative estimate of drug-likeness (QED) is 0.0909. The molecule has 0 amide bonds. The number of hydrogen-bond acceptors (Lipinski definition) is 3. The molecule has 0 atom stereocenters. The van der Waals surface area contributed by atoms with Crippen molar-refractivity contribution in [3.8, 4) is 58.9 Å². The second-order valence-electron chi connectivity index (χ2n) is 15.7. The molecular formula is C52H54O2SSi. The van der Waals surface area contributed by atoms with Crippen molar-refractivity contribution < 1.29 is 9.47 Å². The lowest BCUT2D eigenvalue weighted by atomic mass is 10.0. The first kappa shape index (κ1) is 41.9. The van der Waals surface area contributed by atoms with Crippen molar-refractivity contribution in [3.05, 3.63) is 147 Å². The lowest BCUT2D eigenvalue weighted by Gasteiger charge is -2.37. The van der Waals surface area contributed by atoms with Crippen LogP contribution in [0.1, 0.15) is 98.4 Å². The Kier molecular flexibility index (Phi) is 15.0. The monoisotopic (exact) mass is 770 g/mol. The van der Waals surface area contributed by atoms with Crippen LogP contribution >= 0.6 is 11.8 Å². The van der Waals surface area contributed by atoms with E-state index in [0.717, 1.165) is 80.8 Å². The second-order valence-corrected chi connectivity index (χ2v) is 22.7. The normalized spacial score (nSPS) is 11.8. The second kappa shape index (κ2) is 20.1. The SMILES string of the molecule is CCCOc1cc(C#Cc2ccc(C#Cc3ccc(C#Cc4ccc(SCC[Si](C)(C)C(C)(C)C)cc4)cc3C)cc2)c(OCCC)cc1C#CC1=CC=CC1. The summed E-state index contributed by atoms with van der Waals surface area (Å²) < 4.78 is 12.3. The highest BCUT2D eigenvalue weighted by atomic mass is 32.2. The van der Waals surface area contributed by atoms with E-state index in [1.54, 1.807) is 0 Å². The number of allylic oxidation sites excluding steroid dienone is 4. The molecule has 1 aliphatic carbocycles. The molecular weight excluding hydrogens is 717 g/mol. The summed E-state index contributed by atoms with van der Waals surface area (Å²) in [6.07, 6.45) is 8.87. The van der Waals surface area contributed by atoms with Crippen LogP contribution in [0.3, 0.4) is 0 Å².